The fraction of sp³-hybridized carbons (Fsp3) is 0. The molecule has 4 heteroatoms. The van der Waals surface area contributed by atoms with Gasteiger partial charge in [-0.3, -0.25) is 4.79 Å². The van der Waals surface area contributed by atoms with Gasteiger partial charge in [0.05, 0.1) is 0 Å². The van der Waals surface area contributed by atoms with Crippen LogP contribution < -0.4 is 5.73 Å². The van der Waals surface area contributed by atoms with Gasteiger partial charge in [-0.05, 0) is 6.08 Å². The summed E-state index contributed by atoms with van der Waals surface area (Å²) in [7, 11) is 0. The number of H-pyrrole nitrogens is 1. The van der Waals surface area contributed by atoms with Crippen LogP contribution in [0.15, 0.2) is 18.5 Å². The van der Waals surface area contributed by atoms with Crippen molar-refractivity contribution in [1.82, 2.24) is 9.97 Å². The number of amides is 1. The molecule has 4 nitrogen and oxygen atoms in total. The first kappa shape index (κ1) is 6.54. The molecule has 0 saturated heterocycles. The summed E-state index contributed by atoms with van der Waals surface area (Å²) in [5.41, 5.74) is 4.84. The highest BCUT2D eigenvalue weighted by molar-refractivity contribution is 5.89. The van der Waals surface area contributed by atoms with Crippen LogP contribution in [-0.2, 0) is 4.79 Å². The maximum absolute atomic E-state index is 10.2. The van der Waals surface area contributed by atoms with E-state index in [0.29, 0.717) is 5.82 Å². The Hall–Kier alpha value is -1.58. The van der Waals surface area contributed by atoms with Gasteiger partial charge >= 0.3 is 0 Å². The molecule has 1 aromatic rings. The predicted molar refractivity (Wildman–Crippen MR) is 36.8 cm³/mol. The summed E-state index contributed by atoms with van der Waals surface area (Å²) < 4.78 is 0. The first-order valence-electron chi connectivity index (χ1n) is 2.76. The summed E-state index contributed by atoms with van der Waals surface area (Å²) in [4.78, 5) is 16.8. The number of aromatic amines is 1. The average molecular weight is 137 g/mol. The number of rotatable bonds is 2. The monoisotopic (exact) mass is 137 g/mol. The normalized spacial score (nSPS) is 10.4. The smallest absolute Gasteiger partial charge is 0.241 e. The average Bonchev–Trinajstić information content (AvgIpc) is 2.34. The van der Waals surface area contributed by atoms with Crippen LogP contribution in [-0.4, -0.2) is 15.9 Å². The summed E-state index contributed by atoms with van der Waals surface area (Å²) in [5, 5.41) is 0. The van der Waals surface area contributed by atoms with Gasteiger partial charge in [0.2, 0.25) is 5.91 Å². The maximum atomic E-state index is 10.2. The minimum absolute atomic E-state index is 0.476. The molecule has 0 atom stereocenters. The summed E-state index contributed by atoms with van der Waals surface area (Å²) >= 11 is 0. The standard InChI is InChI=1S/C6H7N3O/c7-5(10)1-2-6-8-3-4-9-6/h1-4H,(H2,7,10)(H,8,9)/b2-1-. The molecule has 3 N–H and O–H groups in total. The molecule has 0 radical (unpaired) electrons. The topological polar surface area (TPSA) is 71.8 Å². The van der Waals surface area contributed by atoms with Crippen molar-refractivity contribution in [2.75, 3.05) is 0 Å². The van der Waals surface area contributed by atoms with Crippen LogP contribution in [0.1, 0.15) is 5.82 Å². The third kappa shape index (κ3) is 1.74. The van der Waals surface area contributed by atoms with Gasteiger partial charge < -0.3 is 10.7 Å². The van der Waals surface area contributed by atoms with E-state index in [1.54, 1.807) is 12.4 Å². The van der Waals surface area contributed by atoms with E-state index in [2.05, 4.69) is 9.97 Å². The highest BCUT2D eigenvalue weighted by atomic mass is 16.1. The highest BCUT2D eigenvalue weighted by Gasteiger charge is 1.86. The Labute approximate surface area is 57.8 Å². The summed E-state index contributed by atoms with van der Waals surface area (Å²) in [6, 6.07) is 0. The van der Waals surface area contributed by atoms with Gasteiger partial charge in [0.1, 0.15) is 5.82 Å². The van der Waals surface area contributed by atoms with E-state index in [1.807, 2.05) is 0 Å². The van der Waals surface area contributed by atoms with Gasteiger partial charge in [-0.25, -0.2) is 4.98 Å². The van der Waals surface area contributed by atoms with Crippen molar-refractivity contribution in [3.05, 3.63) is 24.3 Å². The Morgan fingerprint density at radius 1 is 1.80 bits per heavy atom. The number of primary amides is 1. The molecule has 1 heterocycles. The Morgan fingerprint density at radius 3 is 3.10 bits per heavy atom. The van der Waals surface area contributed by atoms with Gasteiger partial charge in [0.15, 0.2) is 0 Å². The van der Waals surface area contributed by atoms with Crippen LogP contribution in [0.3, 0.4) is 0 Å². The number of nitrogens with one attached hydrogen (secondary N) is 1. The number of aromatic nitrogens is 2. The molecule has 0 aliphatic rings. The lowest BCUT2D eigenvalue weighted by Crippen LogP contribution is -2.05. The Kier molecular flexibility index (Phi) is 1.84. The molecule has 10 heavy (non-hydrogen) atoms. The number of nitrogens with zero attached hydrogens (tertiary/aromatic N) is 1. The zero-order valence-electron chi connectivity index (χ0n) is 5.24. The van der Waals surface area contributed by atoms with Crippen molar-refractivity contribution >= 4 is 12.0 Å². The van der Waals surface area contributed by atoms with E-state index in [9.17, 15) is 4.79 Å². The number of carbonyl (C=O) groups excluding carboxylic acids is 1. The molecule has 1 aromatic heterocycles. The van der Waals surface area contributed by atoms with Gasteiger partial charge in [-0.2, -0.15) is 0 Å². The Bertz CT molecular complexity index is 238. The lowest BCUT2D eigenvalue weighted by atomic mass is 10.5. The Morgan fingerprint density at radius 2 is 2.60 bits per heavy atom. The van der Waals surface area contributed by atoms with Crippen molar-refractivity contribution in [2.24, 2.45) is 5.73 Å². The van der Waals surface area contributed by atoms with Crippen LogP contribution in [0, 0.1) is 0 Å². The summed E-state index contributed by atoms with van der Waals surface area (Å²) in [6.07, 6.45) is 6.03. The van der Waals surface area contributed by atoms with Crippen molar-refractivity contribution in [3.63, 3.8) is 0 Å². The Balaban J connectivity index is 2.64. The molecule has 0 bridgehead atoms. The second kappa shape index (κ2) is 2.82. The van der Waals surface area contributed by atoms with Crippen molar-refractivity contribution < 1.29 is 4.79 Å². The highest BCUT2D eigenvalue weighted by Crippen LogP contribution is 1.89. The van der Waals surface area contributed by atoms with Gasteiger partial charge in [-0.15, -0.1) is 0 Å². The molecule has 0 fully saturated rings. The van der Waals surface area contributed by atoms with Crippen molar-refractivity contribution in [2.45, 2.75) is 0 Å². The van der Waals surface area contributed by atoms with Gasteiger partial charge in [0, 0.05) is 18.5 Å². The number of nitrogens with two attached hydrogens (primary N) is 1. The van der Waals surface area contributed by atoms with Gasteiger partial charge in [0.25, 0.3) is 0 Å². The molecule has 0 aromatic carbocycles. The second-order valence-corrected chi connectivity index (χ2v) is 1.71. The maximum Gasteiger partial charge on any atom is 0.241 e. The molecule has 0 aliphatic carbocycles. The number of hydrogen-bond donors (Lipinski definition) is 2. The lowest BCUT2D eigenvalue weighted by molar-refractivity contribution is -0.113. The fourth-order valence-electron chi connectivity index (χ4n) is 0.530. The van der Waals surface area contributed by atoms with Crippen LogP contribution in [0.2, 0.25) is 0 Å². The first-order valence-corrected chi connectivity index (χ1v) is 2.76. The molecule has 0 unspecified atom stereocenters. The van der Waals surface area contributed by atoms with E-state index in [4.69, 9.17) is 5.73 Å². The molecule has 1 rings (SSSR count). The minimum Gasteiger partial charge on any atom is -0.366 e. The number of hydrogen-bond acceptors (Lipinski definition) is 2. The number of carbonyl (C=O) groups is 1. The zero-order valence-corrected chi connectivity index (χ0v) is 5.24. The van der Waals surface area contributed by atoms with E-state index in [0.717, 1.165) is 0 Å². The summed E-state index contributed by atoms with van der Waals surface area (Å²) in [5.74, 6) is 0.148. The first-order chi connectivity index (χ1) is 4.79. The van der Waals surface area contributed by atoms with E-state index >= 15 is 0 Å². The molecular formula is C6H7N3O. The van der Waals surface area contributed by atoms with Gasteiger partial charge in [-0.1, -0.05) is 0 Å². The van der Waals surface area contributed by atoms with Crippen molar-refractivity contribution in [3.8, 4) is 0 Å². The van der Waals surface area contributed by atoms with Crippen LogP contribution >= 0.6 is 0 Å². The largest absolute Gasteiger partial charge is 0.366 e. The lowest BCUT2D eigenvalue weighted by Gasteiger charge is -1.79. The van der Waals surface area contributed by atoms with Crippen LogP contribution in [0.4, 0.5) is 0 Å². The third-order valence-electron chi connectivity index (χ3n) is 0.925. The quantitative estimate of drug-likeness (QED) is 0.559. The molecule has 0 spiro atoms. The third-order valence-corrected chi connectivity index (χ3v) is 0.925. The van der Waals surface area contributed by atoms with Crippen molar-refractivity contribution in [1.29, 1.82) is 0 Å². The zero-order chi connectivity index (χ0) is 7.40. The molecule has 1 amide bonds. The second-order valence-electron chi connectivity index (χ2n) is 1.71. The van der Waals surface area contributed by atoms with E-state index in [-0.39, 0.29) is 0 Å². The molecule has 52 valence electrons. The molecule has 0 aliphatic heterocycles. The van der Waals surface area contributed by atoms with E-state index in [1.165, 1.54) is 12.2 Å². The summed E-state index contributed by atoms with van der Waals surface area (Å²) in [6.45, 7) is 0. The molecule has 0 saturated carbocycles. The van der Waals surface area contributed by atoms with E-state index < -0.39 is 5.91 Å². The fourth-order valence-corrected chi connectivity index (χ4v) is 0.530. The van der Waals surface area contributed by atoms with Crippen LogP contribution in [0.25, 0.3) is 6.08 Å². The minimum atomic E-state index is -0.476. The number of imidazole rings is 1. The van der Waals surface area contributed by atoms with Crippen LogP contribution in [0.5, 0.6) is 0 Å². The molecular weight excluding hydrogens is 130 g/mol. The predicted octanol–water partition coefficient (Wildman–Crippen LogP) is -0.0918. The SMILES string of the molecule is NC(=O)/C=C\c1ncc[nH]1.